The molecule has 1 unspecified atom stereocenters. The molecule has 1 aromatic rings. The molecule has 0 aliphatic heterocycles. The summed E-state index contributed by atoms with van der Waals surface area (Å²) >= 11 is 0. The molecule has 0 bridgehead atoms. The van der Waals surface area contributed by atoms with Crippen molar-refractivity contribution in [1.82, 2.24) is 20.3 Å². The Morgan fingerprint density at radius 1 is 1.41 bits per heavy atom. The average Bonchev–Trinajstić information content (AvgIpc) is 2.77. The van der Waals surface area contributed by atoms with E-state index in [1.807, 2.05) is 0 Å². The van der Waals surface area contributed by atoms with Gasteiger partial charge in [0.25, 0.3) is 0 Å². The minimum atomic E-state index is -1.31. The Kier molecular flexibility index (Phi) is 5.83. The summed E-state index contributed by atoms with van der Waals surface area (Å²) < 4.78 is 6.15. The number of alkyl carbamates (subject to hydrolysis) is 1. The lowest BCUT2D eigenvalue weighted by Gasteiger charge is -2.19. The molecule has 0 aliphatic carbocycles. The number of ether oxygens (including phenoxy) is 1. The highest BCUT2D eigenvalue weighted by atomic mass is 16.6. The summed E-state index contributed by atoms with van der Waals surface area (Å²) in [5, 5.41) is 36.8. The molecule has 22 heavy (non-hydrogen) atoms. The van der Waals surface area contributed by atoms with E-state index in [1.54, 1.807) is 20.8 Å². The van der Waals surface area contributed by atoms with Crippen molar-refractivity contribution < 1.29 is 29.6 Å². The second-order valence-electron chi connectivity index (χ2n) is 5.56. The molecule has 0 aliphatic rings. The number of carbonyl (C=O) groups is 2. The van der Waals surface area contributed by atoms with Crippen LogP contribution in [0.2, 0.25) is 0 Å². The normalized spacial score (nSPS) is 12.8. The van der Waals surface area contributed by atoms with E-state index in [2.05, 4.69) is 15.6 Å². The number of aromatic carboxylic acids is 1. The number of carbonyl (C=O) groups excluding carboxylic acids is 1. The third-order valence-corrected chi connectivity index (χ3v) is 2.43. The fourth-order valence-corrected chi connectivity index (χ4v) is 1.55. The van der Waals surface area contributed by atoms with Crippen LogP contribution in [0.1, 0.15) is 37.0 Å². The third kappa shape index (κ3) is 5.30. The van der Waals surface area contributed by atoms with Crippen molar-refractivity contribution in [3.63, 3.8) is 0 Å². The first-order valence-corrected chi connectivity index (χ1v) is 6.55. The summed E-state index contributed by atoms with van der Waals surface area (Å²) in [6.45, 7) is 4.22. The van der Waals surface area contributed by atoms with Gasteiger partial charge in [-0.2, -0.15) is 0 Å². The summed E-state index contributed by atoms with van der Waals surface area (Å²) in [5.41, 5.74) is -0.947. The van der Waals surface area contributed by atoms with Crippen molar-refractivity contribution >= 4 is 12.1 Å². The Labute approximate surface area is 126 Å². The molecule has 4 N–H and O–H groups in total. The molecule has 1 atom stereocenters. The minimum Gasteiger partial charge on any atom is -0.476 e. The van der Waals surface area contributed by atoms with Gasteiger partial charge in [-0.3, -0.25) is 0 Å². The van der Waals surface area contributed by atoms with Crippen molar-refractivity contribution in [2.75, 3.05) is 6.61 Å². The standard InChI is InChI=1S/C12H20N4O6/c1-12(2,3)22-11(21)13-4-8-9(10(19)20)14-15-16(8)5-7(18)6-17/h7,17-18H,4-6H2,1-3H3,(H,13,21)(H,19,20). The first-order valence-electron chi connectivity index (χ1n) is 6.55. The summed E-state index contributed by atoms with van der Waals surface area (Å²) in [6.07, 6.45) is -1.84. The van der Waals surface area contributed by atoms with Crippen molar-refractivity contribution in [2.24, 2.45) is 0 Å². The van der Waals surface area contributed by atoms with Gasteiger partial charge in [0.2, 0.25) is 0 Å². The number of hydrogen-bond acceptors (Lipinski definition) is 7. The van der Waals surface area contributed by atoms with Gasteiger partial charge in [0.15, 0.2) is 5.69 Å². The first kappa shape index (κ1) is 17.9. The molecule has 0 aromatic carbocycles. The van der Waals surface area contributed by atoms with Gasteiger partial charge in [-0.05, 0) is 20.8 Å². The summed E-state index contributed by atoms with van der Waals surface area (Å²) in [6, 6.07) is 0. The van der Waals surface area contributed by atoms with Crippen LogP contribution in [0.5, 0.6) is 0 Å². The largest absolute Gasteiger partial charge is 0.476 e. The van der Waals surface area contributed by atoms with Crippen molar-refractivity contribution in [3.8, 4) is 0 Å². The van der Waals surface area contributed by atoms with Crippen LogP contribution >= 0.6 is 0 Å². The van der Waals surface area contributed by atoms with E-state index in [-0.39, 0.29) is 24.5 Å². The zero-order chi connectivity index (χ0) is 16.9. The zero-order valence-corrected chi connectivity index (χ0v) is 12.6. The fourth-order valence-electron chi connectivity index (χ4n) is 1.55. The van der Waals surface area contributed by atoms with Gasteiger partial charge in [0.1, 0.15) is 5.60 Å². The molecule has 0 spiro atoms. The van der Waals surface area contributed by atoms with E-state index >= 15 is 0 Å². The Hall–Kier alpha value is -2.20. The molecule has 1 rings (SSSR count). The van der Waals surface area contributed by atoms with Crippen LogP contribution in [0.3, 0.4) is 0 Å². The van der Waals surface area contributed by atoms with Crippen molar-refractivity contribution in [2.45, 2.75) is 45.6 Å². The Bertz CT molecular complexity index is 536. The van der Waals surface area contributed by atoms with Gasteiger partial charge >= 0.3 is 12.1 Å². The second kappa shape index (κ2) is 7.18. The van der Waals surface area contributed by atoms with Gasteiger partial charge in [-0.15, -0.1) is 5.10 Å². The molecule has 1 heterocycles. The van der Waals surface area contributed by atoms with Gasteiger partial charge in [0, 0.05) is 0 Å². The SMILES string of the molecule is CC(C)(C)OC(=O)NCc1c(C(=O)O)nnn1CC(O)CO. The van der Waals surface area contributed by atoms with E-state index in [9.17, 15) is 14.7 Å². The molecular weight excluding hydrogens is 296 g/mol. The number of nitrogens with one attached hydrogen (secondary N) is 1. The first-order chi connectivity index (χ1) is 10.1. The number of carboxylic acids is 1. The van der Waals surface area contributed by atoms with Crippen LogP contribution in [-0.2, 0) is 17.8 Å². The van der Waals surface area contributed by atoms with Gasteiger partial charge < -0.3 is 25.4 Å². The van der Waals surface area contributed by atoms with E-state index in [4.69, 9.17) is 14.9 Å². The van der Waals surface area contributed by atoms with Crippen LogP contribution in [-0.4, -0.2) is 60.7 Å². The number of aliphatic hydroxyl groups is 2. The lowest BCUT2D eigenvalue weighted by molar-refractivity contribution is 0.0517. The van der Waals surface area contributed by atoms with Crippen LogP contribution in [0.4, 0.5) is 4.79 Å². The van der Waals surface area contributed by atoms with Crippen LogP contribution in [0, 0.1) is 0 Å². The van der Waals surface area contributed by atoms with E-state index < -0.39 is 30.4 Å². The Morgan fingerprint density at radius 2 is 2.05 bits per heavy atom. The minimum absolute atomic E-state index is 0.0888. The van der Waals surface area contributed by atoms with E-state index in [1.165, 1.54) is 0 Å². The lowest BCUT2D eigenvalue weighted by Crippen LogP contribution is -2.33. The highest BCUT2D eigenvalue weighted by Gasteiger charge is 2.22. The molecule has 1 aromatic heterocycles. The third-order valence-electron chi connectivity index (χ3n) is 2.43. The summed E-state index contributed by atoms with van der Waals surface area (Å²) in [7, 11) is 0. The molecule has 10 heteroatoms. The smallest absolute Gasteiger partial charge is 0.407 e. The average molecular weight is 316 g/mol. The maximum atomic E-state index is 11.6. The van der Waals surface area contributed by atoms with Crippen LogP contribution < -0.4 is 5.32 Å². The number of aromatic nitrogens is 3. The Balaban J connectivity index is 2.84. The van der Waals surface area contributed by atoms with Gasteiger partial charge in [-0.25, -0.2) is 14.3 Å². The van der Waals surface area contributed by atoms with Crippen LogP contribution in [0.25, 0.3) is 0 Å². The van der Waals surface area contributed by atoms with Crippen molar-refractivity contribution in [1.29, 1.82) is 0 Å². The van der Waals surface area contributed by atoms with Crippen molar-refractivity contribution in [3.05, 3.63) is 11.4 Å². The highest BCUT2D eigenvalue weighted by molar-refractivity contribution is 5.86. The topological polar surface area (TPSA) is 147 Å². The predicted molar refractivity (Wildman–Crippen MR) is 73.1 cm³/mol. The van der Waals surface area contributed by atoms with E-state index in [0.717, 1.165) is 4.68 Å². The number of carboxylic acid groups (broad SMARTS) is 1. The molecule has 1 amide bonds. The monoisotopic (exact) mass is 316 g/mol. The maximum Gasteiger partial charge on any atom is 0.407 e. The molecular formula is C12H20N4O6. The number of rotatable bonds is 6. The maximum absolute atomic E-state index is 11.6. The quantitative estimate of drug-likeness (QED) is 0.541. The van der Waals surface area contributed by atoms with Crippen LogP contribution in [0.15, 0.2) is 0 Å². The highest BCUT2D eigenvalue weighted by Crippen LogP contribution is 2.09. The molecule has 0 saturated heterocycles. The molecule has 0 radical (unpaired) electrons. The fraction of sp³-hybridized carbons (Fsp3) is 0.667. The molecule has 124 valence electrons. The lowest BCUT2D eigenvalue weighted by atomic mass is 10.2. The van der Waals surface area contributed by atoms with Gasteiger partial charge in [-0.1, -0.05) is 5.21 Å². The number of hydrogen-bond donors (Lipinski definition) is 4. The second-order valence-corrected chi connectivity index (χ2v) is 5.56. The van der Waals surface area contributed by atoms with E-state index in [0.29, 0.717) is 0 Å². The number of nitrogens with zero attached hydrogens (tertiary/aromatic N) is 3. The predicted octanol–water partition coefficient (Wildman–Crippen LogP) is -0.646. The molecule has 0 fully saturated rings. The Morgan fingerprint density at radius 3 is 2.55 bits per heavy atom. The molecule has 10 nitrogen and oxygen atoms in total. The number of amides is 1. The zero-order valence-electron chi connectivity index (χ0n) is 12.6. The molecule has 0 saturated carbocycles. The number of aliphatic hydroxyl groups excluding tert-OH is 2. The van der Waals surface area contributed by atoms with Gasteiger partial charge in [0.05, 0.1) is 31.5 Å². The summed E-state index contributed by atoms with van der Waals surface area (Å²) in [4.78, 5) is 22.7. The summed E-state index contributed by atoms with van der Waals surface area (Å²) in [5.74, 6) is -1.31.